The average Bonchev–Trinajstić information content (AvgIpc) is 3.25. The lowest BCUT2D eigenvalue weighted by Crippen LogP contribution is -2.54. The summed E-state index contributed by atoms with van der Waals surface area (Å²) in [6.45, 7) is 9.92. The van der Waals surface area contributed by atoms with Crippen molar-refractivity contribution in [2.75, 3.05) is 38.6 Å². The number of nitrogens with zero attached hydrogens (tertiary/aromatic N) is 2. The minimum Gasteiger partial charge on any atom is -0.493 e. The fraction of sp³-hybridized carbons (Fsp3) is 0.529. The molecule has 2 fully saturated rings. The molecular weight excluding hydrogens is 560 g/mol. The smallest absolute Gasteiger partial charge is 0.266 e. The number of benzene rings is 2. The van der Waals surface area contributed by atoms with E-state index in [2.05, 4.69) is 48.4 Å². The molecule has 10 heteroatoms. The van der Waals surface area contributed by atoms with E-state index in [1.165, 1.54) is 11.1 Å². The molecule has 0 spiro atoms. The molecule has 4 amide bonds. The van der Waals surface area contributed by atoms with Crippen molar-refractivity contribution in [3.8, 4) is 11.5 Å². The highest BCUT2D eigenvalue weighted by Crippen LogP contribution is 2.37. The Morgan fingerprint density at radius 2 is 1.75 bits per heavy atom. The summed E-state index contributed by atoms with van der Waals surface area (Å²) in [7, 11) is 1.93. The molecule has 0 saturated carbocycles. The number of imide groups is 2. The maximum Gasteiger partial charge on any atom is 0.266 e. The third kappa shape index (κ3) is 6.75. The Morgan fingerprint density at radius 3 is 2.45 bits per heavy atom. The molecule has 2 saturated heterocycles. The summed E-state index contributed by atoms with van der Waals surface area (Å²) in [6, 6.07) is 8.40. The number of anilines is 1. The van der Waals surface area contributed by atoms with Crippen molar-refractivity contribution in [3.63, 3.8) is 0 Å². The van der Waals surface area contributed by atoms with Crippen LogP contribution in [0.15, 0.2) is 30.3 Å². The fourth-order valence-electron chi connectivity index (χ4n) is 6.56. The minimum atomic E-state index is -0.989. The Morgan fingerprint density at radius 1 is 0.977 bits per heavy atom. The molecule has 2 aromatic carbocycles. The number of nitrogens with one attached hydrogen (secondary N) is 2. The summed E-state index contributed by atoms with van der Waals surface area (Å²) in [4.78, 5) is 53.6. The van der Waals surface area contributed by atoms with Crippen molar-refractivity contribution in [1.82, 2.24) is 15.1 Å². The van der Waals surface area contributed by atoms with E-state index in [0.717, 1.165) is 68.1 Å². The number of hydrogen-bond donors (Lipinski definition) is 2. The summed E-state index contributed by atoms with van der Waals surface area (Å²) in [5, 5.41) is 5.49. The molecule has 5 rings (SSSR count). The maximum atomic E-state index is 13.2. The number of likely N-dealkylation sites (tertiary alicyclic amines) is 1. The van der Waals surface area contributed by atoms with Gasteiger partial charge in [-0.3, -0.25) is 29.4 Å². The third-order valence-electron chi connectivity index (χ3n) is 8.83. The van der Waals surface area contributed by atoms with Crippen LogP contribution in [-0.2, 0) is 9.59 Å². The van der Waals surface area contributed by atoms with Crippen molar-refractivity contribution in [3.05, 3.63) is 52.6 Å². The van der Waals surface area contributed by atoms with Crippen molar-refractivity contribution >= 4 is 29.3 Å². The fourth-order valence-corrected chi connectivity index (χ4v) is 6.56. The average molecular weight is 605 g/mol. The van der Waals surface area contributed by atoms with Gasteiger partial charge in [-0.05, 0) is 120 Å². The van der Waals surface area contributed by atoms with Crippen molar-refractivity contribution in [2.45, 2.75) is 83.8 Å². The van der Waals surface area contributed by atoms with E-state index >= 15 is 0 Å². The molecule has 0 aliphatic carbocycles. The first-order chi connectivity index (χ1) is 21.2. The Kier molecular flexibility index (Phi) is 9.88. The number of carbonyl (C=O) groups excluding carboxylic acids is 4. The summed E-state index contributed by atoms with van der Waals surface area (Å²) < 4.78 is 12.1. The Bertz CT molecular complexity index is 1410. The number of aryl methyl sites for hydroxylation is 1. The van der Waals surface area contributed by atoms with E-state index < -0.39 is 29.7 Å². The van der Waals surface area contributed by atoms with Gasteiger partial charge in [0.05, 0.1) is 29.5 Å². The number of ether oxygens (including phenoxy) is 2. The van der Waals surface area contributed by atoms with Gasteiger partial charge in [-0.15, -0.1) is 0 Å². The predicted octanol–water partition coefficient (Wildman–Crippen LogP) is 4.65. The first-order valence-electron chi connectivity index (χ1n) is 15.9. The quantitative estimate of drug-likeness (QED) is 0.266. The van der Waals surface area contributed by atoms with Crippen LogP contribution in [0.2, 0.25) is 0 Å². The molecule has 3 heterocycles. The van der Waals surface area contributed by atoms with Crippen LogP contribution in [0.4, 0.5) is 5.69 Å². The van der Waals surface area contributed by atoms with Gasteiger partial charge in [-0.1, -0.05) is 6.07 Å². The SMILES string of the molecule is CNc1cc(C)c(C2CCN(CCCCCOc3cccc4c3C(=O)N(C3CCC(=O)NC3=O)C4=O)CC2)cc1OC(C)C. The first kappa shape index (κ1) is 31.5. The van der Waals surface area contributed by atoms with Crippen molar-refractivity contribution in [2.24, 2.45) is 0 Å². The second kappa shape index (κ2) is 13.8. The number of fused-ring (bicyclic) bond motifs is 1. The molecule has 236 valence electrons. The van der Waals surface area contributed by atoms with Gasteiger partial charge >= 0.3 is 0 Å². The molecule has 0 bridgehead atoms. The molecule has 2 N–H and O–H groups in total. The number of rotatable bonds is 12. The Labute approximate surface area is 259 Å². The summed E-state index contributed by atoms with van der Waals surface area (Å²) in [6.07, 6.45) is 5.48. The molecule has 3 aliphatic rings. The van der Waals surface area contributed by atoms with Crippen LogP contribution in [0.3, 0.4) is 0 Å². The lowest BCUT2D eigenvalue weighted by Gasteiger charge is -2.33. The van der Waals surface area contributed by atoms with E-state index in [9.17, 15) is 19.2 Å². The number of piperidine rings is 2. The zero-order chi connectivity index (χ0) is 31.4. The standard InChI is InChI=1S/C34H44N4O6/c1-21(2)44-29-20-25(22(3)19-26(29)35-4)23-13-16-37(17-14-23)15-6-5-7-18-43-28-10-8-9-24-31(28)34(42)38(33(24)41)27-11-12-30(39)36-32(27)40/h8-10,19-21,23,27,35H,5-7,11-18H2,1-4H3,(H,36,39,40). The van der Waals surface area contributed by atoms with Gasteiger partial charge < -0.3 is 19.7 Å². The van der Waals surface area contributed by atoms with Gasteiger partial charge in [0.25, 0.3) is 11.8 Å². The number of hydrogen-bond acceptors (Lipinski definition) is 8. The largest absolute Gasteiger partial charge is 0.493 e. The summed E-state index contributed by atoms with van der Waals surface area (Å²) in [5.74, 6) is -0.264. The second-order valence-electron chi connectivity index (χ2n) is 12.3. The van der Waals surface area contributed by atoms with E-state index in [1.807, 2.05) is 7.05 Å². The monoisotopic (exact) mass is 604 g/mol. The van der Waals surface area contributed by atoms with Crippen molar-refractivity contribution in [1.29, 1.82) is 0 Å². The van der Waals surface area contributed by atoms with Crippen LogP contribution in [0, 0.1) is 6.92 Å². The normalized spacial score (nSPS) is 19.4. The highest BCUT2D eigenvalue weighted by Gasteiger charge is 2.46. The lowest BCUT2D eigenvalue weighted by molar-refractivity contribution is -0.136. The summed E-state index contributed by atoms with van der Waals surface area (Å²) >= 11 is 0. The minimum absolute atomic E-state index is 0.0876. The van der Waals surface area contributed by atoms with Crippen LogP contribution < -0.4 is 20.1 Å². The van der Waals surface area contributed by atoms with Crippen LogP contribution >= 0.6 is 0 Å². The molecule has 2 aromatic rings. The highest BCUT2D eigenvalue weighted by molar-refractivity contribution is 6.24. The molecule has 0 aromatic heterocycles. The number of amides is 4. The third-order valence-corrected chi connectivity index (χ3v) is 8.83. The van der Waals surface area contributed by atoms with Gasteiger partial charge in [0.15, 0.2) is 0 Å². The highest BCUT2D eigenvalue weighted by atomic mass is 16.5. The van der Waals surface area contributed by atoms with Crippen LogP contribution in [-0.4, -0.2) is 78.9 Å². The van der Waals surface area contributed by atoms with Crippen LogP contribution in [0.5, 0.6) is 11.5 Å². The van der Waals surface area contributed by atoms with E-state index in [0.29, 0.717) is 18.3 Å². The number of unbranched alkanes of at least 4 members (excludes halogenated alkanes) is 2. The molecule has 1 atom stereocenters. The predicted molar refractivity (Wildman–Crippen MR) is 167 cm³/mol. The molecule has 1 unspecified atom stereocenters. The Balaban J connectivity index is 1.06. The maximum absolute atomic E-state index is 13.2. The molecule has 10 nitrogen and oxygen atoms in total. The second-order valence-corrected chi connectivity index (χ2v) is 12.3. The van der Waals surface area contributed by atoms with Crippen LogP contribution in [0.1, 0.15) is 96.6 Å². The molecule has 0 radical (unpaired) electrons. The van der Waals surface area contributed by atoms with E-state index in [-0.39, 0.29) is 30.1 Å². The Hall–Kier alpha value is -3.92. The summed E-state index contributed by atoms with van der Waals surface area (Å²) in [5.41, 5.74) is 4.17. The molecular formula is C34H44N4O6. The van der Waals surface area contributed by atoms with Crippen molar-refractivity contribution < 1.29 is 28.7 Å². The van der Waals surface area contributed by atoms with Gasteiger partial charge in [0, 0.05) is 13.5 Å². The van der Waals surface area contributed by atoms with Gasteiger partial charge in [-0.2, -0.15) is 0 Å². The zero-order valence-corrected chi connectivity index (χ0v) is 26.2. The molecule has 3 aliphatic heterocycles. The zero-order valence-electron chi connectivity index (χ0n) is 26.2. The number of carbonyl (C=O) groups is 4. The van der Waals surface area contributed by atoms with Gasteiger partial charge in [0.2, 0.25) is 11.8 Å². The lowest BCUT2D eigenvalue weighted by atomic mass is 9.86. The van der Waals surface area contributed by atoms with Gasteiger partial charge in [0.1, 0.15) is 17.5 Å². The van der Waals surface area contributed by atoms with Gasteiger partial charge in [-0.25, -0.2) is 0 Å². The van der Waals surface area contributed by atoms with E-state index in [1.54, 1.807) is 18.2 Å². The van der Waals surface area contributed by atoms with E-state index in [4.69, 9.17) is 9.47 Å². The van der Waals surface area contributed by atoms with Crippen LogP contribution in [0.25, 0.3) is 0 Å². The molecule has 44 heavy (non-hydrogen) atoms. The first-order valence-corrected chi connectivity index (χ1v) is 15.9. The topological polar surface area (TPSA) is 117 Å².